The van der Waals surface area contributed by atoms with E-state index in [0.29, 0.717) is 12.0 Å². The number of rotatable bonds is 2. The van der Waals surface area contributed by atoms with Gasteiger partial charge in [0.15, 0.2) is 5.13 Å². The minimum Gasteiger partial charge on any atom is -0.388 e. The number of fused-ring (bicyclic) bond motifs is 1. The molecule has 1 aromatic rings. The van der Waals surface area contributed by atoms with Crippen molar-refractivity contribution in [3.8, 4) is 0 Å². The minimum absolute atomic E-state index is 0.291. The Bertz CT molecular complexity index is 449. The molecular formula is C14H22N2O2S. The first-order valence-electron chi connectivity index (χ1n) is 7.14. The second-order valence-electron chi connectivity index (χ2n) is 5.70. The largest absolute Gasteiger partial charge is 0.388 e. The molecule has 3 unspecified atom stereocenters. The van der Waals surface area contributed by atoms with Crippen LogP contribution in [0.2, 0.25) is 0 Å². The van der Waals surface area contributed by atoms with Crippen LogP contribution in [0.3, 0.4) is 0 Å². The van der Waals surface area contributed by atoms with E-state index in [9.17, 15) is 5.11 Å². The van der Waals surface area contributed by atoms with Crippen LogP contribution in [0.25, 0.3) is 0 Å². The Labute approximate surface area is 118 Å². The van der Waals surface area contributed by atoms with E-state index < -0.39 is 0 Å². The fourth-order valence-electron chi connectivity index (χ4n) is 3.03. The van der Waals surface area contributed by atoms with Gasteiger partial charge in [0.1, 0.15) is 0 Å². The van der Waals surface area contributed by atoms with Crippen LogP contribution in [-0.4, -0.2) is 36.4 Å². The van der Waals surface area contributed by atoms with Gasteiger partial charge in [0.2, 0.25) is 0 Å². The van der Waals surface area contributed by atoms with Crippen LogP contribution in [0.1, 0.15) is 42.9 Å². The molecule has 2 aliphatic rings. The third-order valence-electron chi connectivity index (χ3n) is 4.37. The smallest absolute Gasteiger partial charge is 0.185 e. The van der Waals surface area contributed by atoms with Crippen molar-refractivity contribution in [2.75, 3.05) is 25.1 Å². The lowest BCUT2D eigenvalue weighted by Gasteiger charge is -2.36. The highest BCUT2D eigenvalue weighted by Crippen LogP contribution is 2.38. The summed E-state index contributed by atoms with van der Waals surface area (Å²) in [7, 11) is 1.79. The lowest BCUT2D eigenvalue weighted by Crippen LogP contribution is -2.43. The molecule has 1 N–H and O–H groups in total. The van der Waals surface area contributed by atoms with Crippen LogP contribution >= 0.6 is 11.3 Å². The number of aromatic nitrogens is 1. The molecule has 3 atom stereocenters. The molecular weight excluding hydrogens is 260 g/mol. The SMILES string of the molecule is COC1CN(c2nc3c(s2)C(O)CCC3)CCC1C. The lowest BCUT2D eigenvalue weighted by molar-refractivity contribution is 0.0498. The summed E-state index contributed by atoms with van der Waals surface area (Å²) < 4.78 is 5.56. The number of thiazole rings is 1. The number of nitrogens with zero attached hydrogens (tertiary/aromatic N) is 2. The molecule has 0 amide bonds. The Hall–Kier alpha value is -0.650. The third-order valence-corrected chi connectivity index (χ3v) is 5.63. The second-order valence-corrected chi connectivity index (χ2v) is 6.71. The van der Waals surface area contributed by atoms with Crippen molar-refractivity contribution in [1.82, 2.24) is 4.98 Å². The van der Waals surface area contributed by atoms with E-state index in [-0.39, 0.29) is 6.10 Å². The Morgan fingerprint density at radius 2 is 2.26 bits per heavy atom. The van der Waals surface area contributed by atoms with Crippen molar-refractivity contribution in [3.63, 3.8) is 0 Å². The standard InChI is InChI=1S/C14H22N2O2S/c1-9-6-7-16(8-12(9)18-2)14-15-10-4-3-5-11(17)13(10)19-14/h9,11-12,17H,3-8H2,1-2H3. The quantitative estimate of drug-likeness (QED) is 0.904. The summed E-state index contributed by atoms with van der Waals surface area (Å²) in [5.41, 5.74) is 1.12. The van der Waals surface area contributed by atoms with E-state index in [1.165, 1.54) is 0 Å². The predicted molar refractivity (Wildman–Crippen MR) is 76.8 cm³/mol. The lowest BCUT2D eigenvalue weighted by atomic mass is 9.96. The highest BCUT2D eigenvalue weighted by molar-refractivity contribution is 7.15. The highest BCUT2D eigenvalue weighted by atomic mass is 32.1. The normalized spacial score (nSPS) is 31.3. The summed E-state index contributed by atoms with van der Waals surface area (Å²) in [5.74, 6) is 0.612. The third kappa shape index (κ3) is 2.51. The van der Waals surface area contributed by atoms with Crippen molar-refractivity contribution >= 4 is 16.5 Å². The molecule has 1 aliphatic heterocycles. The number of methoxy groups -OCH3 is 1. The number of piperidine rings is 1. The Morgan fingerprint density at radius 3 is 3.00 bits per heavy atom. The average Bonchev–Trinajstić information content (AvgIpc) is 2.85. The van der Waals surface area contributed by atoms with E-state index >= 15 is 0 Å². The number of hydrogen-bond donors (Lipinski definition) is 1. The van der Waals surface area contributed by atoms with Gasteiger partial charge in [-0.15, -0.1) is 0 Å². The highest BCUT2D eigenvalue weighted by Gasteiger charge is 2.30. The first-order valence-corrected chi connectivity index (χ1v) is 7.96. The van der Waals surface area contributed by atoms with Crippen LogP contribution in [0.4, 0.5) is 5.13 Å². The zero-order valence-electron chi connectivity index (χ0n) is 11.6. The first kappa shape index (κ1) is 13.3. The molecule has 4 nitrogen and oxygen atoms in total. The molecule has 1 fully saturated rings. The van der Waals surface area contributed by atoms with Gasteiger partial charge in [-0.1, -0.05) is 18.3 Å². The van der Waals surface area contributed by atoms with Crippen molar-refractivity contribution in [2.45, 2.75) is 44.8 Å². The van der Waals surface area contributed by atoms with Crippen LogP contribution in [0.15, 0.2) is 0 Å². The molecule has 106 valence electrons. The molecule has 0 radical (unpaired) electrons. The molecule has 1 saturated heterocycles. The predicted octanol–water partition coefficient (Wildman–Crippen LogP) is 2.37. The van der Waals surface area contributed by atoms with Crippen molar-refractivity contribution in [2.24, 2.45) is 5.92 Å². The van der Waals surface area contributed by atoms with E-state index in [1.54, 1.807) is 18.4 Å². The van der Waals surface area contributed by atoms with Gasteiger partial charge < -0.3 is 14.7 Å². The summed E-state index contributed by atoms with van der Waals surface area (Å²) in [5, 5.41) is 11.1. The molecule has 0 saturated carbocycles. The number of hydrogen-bond acceptors (Lipinski definition) is 5. The van der Waals surface area contributed by atoms with Gasteiger partial charge >= 0.3 is 0 Å². The maximum atomic E-state index is 10.0. The van der Waals surface area contributed by atoms with Gasteiger partial charge in [-0.25, -0.2) is 4.98 Å². The van der Waals surface area contributed by atoms with Gasteiger partial charge in [-0.2, -0.15) is 0 Å². The van der Waals surface area contributed by atoms with E-state index in [0.717, 1.165) is 54.5 Å². The minimum atomic E-state index is -0.295. The summed E-state index contributed by atoms with van der Waals surface area (Å²) >= 11 is 1.67. The van der Waals surface area contributed by atoms with Gasteiger partial charge in [-0.05, 0) is 31.6 Å². The van der Waals surface area contributed by atoms with Crippen LogP contribution < -0.4 is 4.90 Å². The van der Waals surface area contributed by atoms with E-state index in [2.05, 4.69) is 11.8 Å². The number of aliphatic hydroxyl groups excluding tert-OH is 1. The molecule has 0 bridgehead atoms. The molecule has 3 rings (SSSR count). The average molecular weight is 282 g/mol. The van der Waals surface area contributed by atoms with Crippen LogP contribution in [0, 0.1) is 5.92 Å². The van der Waals surface area contributed by atoms with Gasteiger partial charge in [-0.3, -0.25) is 0 Å². The zero-order valence-corrected chi connectivity index (χ0v) is 12.4. The maximum Gasteiger partial charge on any atom is 0.185 e. The molecule has 19 heavy (non-hydrogen) atoms. The Balaban J connectivity index is 1.79. The summed E-state index contributed by atoms with van der Waals surface area (Å²) in [4.78, 5) is 8.16. The molecule has 0 aromatic carbocycles. The molecule has 0 spiro atoms. The Morgan fingerprint density at radius 1 is 1.42 bits per heavy atom. The van der Waals surface area contributed by atoms with E-state index in [4.69, 9.17) is 9.72 Å². The molecule has 2 heterocycles. The summed E-state index contributed by atoms with van der Waals surface area (Å²) in [6, 6.07) is 0. The van der Waals surface area contributed by atoms with Crippen LogP contribution in [-0.2, 0) is 11.2 Å². The number of aryl methyl sites for hydroxylation is 1. The van der Waals surface area contributed by atoms with Crippen molar-refractivity contribution < 1.29 is 9.84 Å². The second kappa shape index (κ2) is 5.38. The number of aliphatic hydroxyl groups is 1. The van der Waals surface area contributed by atoms with Gasteiger partial charge in [0, 0.05) is 20.2 Å². The maximum absolute atomic E-state index is 10.0. The summed E-state index contributed by atoms with van der Waals surface area (Å²) in [6.45, 7) is 4.21. The fraction of sp³-hybridized carbons (Fsp3) is 0.786. The number of ether oxygens (including phenoxy) is 1. The van der Waals surface area contributed by atoms with E-state index in [1.807, 2.05) is 0 Å². The number of anilines is 1. The molecule has 1 aliphatic carbocycles. The topological polar surface area (TPSA) is 45.6 Å². The first-order chi connectivity index (χ1) is 9.19. The molecule has 5 heteroatoms. The van der Waals surface area contributed by atoms with Gasteiger partial charge in [0.25, 0.3) is 0 Å². The summed E-state index contributed by atoms with van der Waals surface area (Å²) in [6.07, 6.45) is 4.09. The van der Waals surface area contributed by atoms with Crippen molar-refractivity contribution in [1.29, 1.82) is 0 Å². The van der Waals surface area contributed by atoms with Crippen molar-refractivity contribution in [3.05, 3.63) is 10.6 Å². The monoisotopic (exact) mass is 282 g/mol. The van der Waals surface area contributed by atoms with Crippen LogP contribution in [0.5, 0.6) is 0 Å². The zero-order chi connectivity index (χ0) is 13.4. The Kier molecular flexibility index (Phi) is 3.78. The molecule has 1 aromatic heterocycles. The fourth-order valence-corrected chi connectivity index (χ4v) is 4.20. The van der Waals surface area contributed by atoms with Gasteiger partial charge in [0.05, 0.1) is 22.8 Å².